The molecule has 0 radical (unpaired) electrons. The molecule has 1 aromatic heterocycles. The van der Waals surface area contributed by atoms with Crippen molar-refractivity contribution in [3.05, 3.63) is 54.0 Å². The first-order valence-corrected chi connectivity index (χ1v) is 6.92. The van der Waals surface area contributed by atoms with Crippen LogP contribution in [0.1, 0.15) is 10.5 Å². The van der Waals surface area contributed by atoms with Crippen molar-refractivity contribution in [2.24, 2.45) is 0 Å². The van der Waals surface area contributed by atoms with Gasteiger partial charge in [-0.15, -0.1) is 0 Å². The molecule has 1 amide bonds. The van der Waals surface area contributed by atoms with E-state index >= 15 is 0 Å². The van der Waals surface area contributed by atoms with Crippen LogP contribution in [0.25, 0.3) is 10.9 Å². The average molecular weight is 314 g/mol. The van der Waals surface area contributed by atoms with Crippen molar-refractivity contribution in [2.75, 3.05) is 19.5 Å². The first-order valence-electron chi connectivity index (χ1n) is 6.92. The van der Waals surface area contributed by atoms with Crippen molar-refractivity contribution in [3.63, 3.8) is 0 Å². The molecule has 0 aliphatic rings. The number of benzene rings is 2. The van der Waals surface area contributed by atoms with Crippen molar-refractivity contribution < 1.29 is 18.7 Å². The fourth-order valence-electron chi connectivity index (χ4n) is 2.34. The number of fused-ring (bicyclic) bond motifs is 1. The molecule has 0 spiro atoms. The second-order valence-electron chi connectivity index (χ2n) is 4.94. The molecule has 3 aromatic rings. The molecular formula is C17H15FN2O3. The first kappa shape index (κ1) is 14.9. The summed E-state index contributed by atoms with van der Waals surface area (Å²) >= 11 is 0. The van der Waals surface area contributed by atoms with Gasteiger partial charge in [0.1, 0.15) is 11.5 Å². The van der Waals surface area contributed by atoms with Crippen molar-refractivity contribution in [1.82, 2.24) is 4.98 Å². The number of nitrogens with one attached hydrogen (secondary N) is 2. The number of amides is 1. The van der Waals surface area contributed by atoms with E-state index in [1.807, 2.05) is 0 Å². The van der Waals surface area contributed by atoms with E-state index in [1.54, 1.807) is 37.4 Å². The number of carbonyl (C=O) groups is 1. The molecular weight excluding hydrogens is 299 g/mol. The van der Waals surface area contributed by atoms with Crippen molar-refractivity contribution in [2.45, 2.75) is 0 Å². The molecule has 0 saturated carbocycles. The molecule has 0 unspecified atom stereocenters. The van der Waals surface area contributed by atoms with Gasteiger partial charge in [-0.3, -0.25) is 4.79 Å². The van der Waals surface area contributed by atoms with Gasteiger partial charge in [0, 0.05) is 22.7 Å². The molecule has 6 heteroatoms. The molecule has 2 aromatic carbocycles. The van der Waals surface area contributed by atoms with Crippen LogP contribution in [0.15, 0.2) is 42.5 Å². The Morgan fingerprint density at radius 1 is 1.04 bits per heavy atom. The average Bonchev–Trinajstić information content (AvgIpc) is 2.97. The number of halogens is 1. The molecule has 23 heavy (non-hydrogen) atoms. The molecule has 0 aliphatic heterocycles. The summed E-state index contributed by atoms with van der Waals surface area (Å²) in [4.78, 5) is 15.3. The largest absolute Gasteiger partial charge is 0.493 e. The minimum atomic E-state index is -0.344. The summed E-state index contributed by atoms with van der Waals surface area (Å²) in [5, 5.41) is 3.40. The van der Waals surface area contributed by atoms with Gasteiger partial charge in [0.25, 0.3) is 5.91 Å². The lowest BCUT2D eigenvalue weighted by Crippen LogP contribution is -2.12. The van der Waals surface area contributed by atoms with Crippen LogP contribution in [-0.2, 0) is 0 Å². The van der Waals surface area contributed by atoms with E-state index in [-0.39, 0.29) is 11.7 Å². The van der Waals surface area contributed by atoms with E-state index in [1.165, 1.54) is 19.2 Å². The number of hydrogen-bond acceptors (Lipinski definition) is 3. The van der Waals surface area contributed by atoms with Crippen LogP contribution in [0.3, 0.4) is 0 Å². The Labute approximate surface area is 132 Å². The number of aromatic nitrogens is 1. The van der Waals surface area contributed by atoms with E-state index < -0.39 is 0 Å². The van der Waals surface area contributed by atoms with E-state index in [4.69, 9.17) is 9.47 Å². The second kappa shape index (κ2) is 6.00. The number of anilines is 1. The topological polar surface area (TPSA) is 63.3 Å². The summed E-state index contributed by atoms with van der Waals surface area (Å²) in [6, 6.07) is 11.0. The smallest absolute Gasteiger partial charge is 0.272 e. The molecule has 0 fully saturated rings. The van der Waals surface area contributed by atoms with E-state index in [9.17, 15) is 9.18 Å². The first-order chi connectivity index (χ1) is 11.1. The van der Waals surface area contributed by atoms with Gasteiger partial charge in [-0.1, -0.05) is 0 Å². The Kier molecular flexibility index (Phi) is 3.89. The summed E-state index contributed by atoms with van der Waals surface area (Å²) in [5.41, 5.74) is 1.61. The molecule has 0 aliphatic carbocycles. The van der Waals surface area contributed by atoms with Crippen LogP contribution >= 0.6 is 0 Å². The van der Waals surface area contributed by atoms with Gasteiger partial charge in [0.2, 0.25) is 0 Å². The van der Waals surface area contributed by atoms with Gasteiger partial charge in [-0.2, -0.15) is 0 Å². The standard InChI is InChI=1S/C17H15FN2O3/c1-22-15-6-4-12(9-16(15)23-2)19-17(21)14-8-10-7-11(18)3-5-13(10)20-14/h3-9,20H,1-2H3,(H,19,21). The number of aromatic amines is 1. The summed E-state index contributed by atoms with van der Waals surface area (Å²) in [6.45, 7) is 0. The fourth-order valence-corrected chi connectivity index (χ4v) is 2.34. The Morgan fingerprint density at radius 2 is 1.83 bits per heavy atom. The number of rotatable bonds is 4. The van der Waals surface area contributed by atoms with Gasteiger partial charge < -0.3 is 19.8 Å². The number of methoxy groups -OCH3 is 2. The third kappa shape index (κ3) is 2.96. The lowest BCUT2D eigenvalue weighted by atomic mass is 10.2. The fraction of sp³-hybridized carbons (Fsp3) is 0.118. The zero-order valence-corrected chi connectivity index (χ0v) is 12.6. The Bertz CT molecular complexity index is 873. The number of carbonyl (C=O) groups excluding carboxylic acids is 1. The van der Waals surface area contributed by atoms with Gasteiger partial charge in [0.15, 0.2) is 11.5 Å². The van der Waals surface area contributed by atoms with Gasteiger partial charge in [0.05, 0.1) is 14.2 Å². The maximum atomic E-state index is 13.2. The maximum Gasteiger partial charge on any atom is 0.272 e. The lowest BCUT2D eigenvalue weighted by molar-refractivity contribution is 0.102. The molecule has 118 valence electrons. The Morgan fingerprint density at radius 3 is 2.57 bits per heavy atom. The highest BCUT2D eigenvalue weighted by Gasteiger charge is 2.12. The van der Waals surface area contributed by atoms with Crippen molar-refractivity contribution >= 4 is 22.5 Å². The zero-order chi connectivity index (χ0) is 16.4. The van der Waals surface area contributed by atoms with Crippen LogP contribution in [-0.4, -0.2) is 25.1 Å². The normalized spacial score (nSPS) is 10.6. The number of hydrogen-bond donors (Lipinski definition) is 2. The third-order valence-corrected chi connectivity index (χ3v) is 3.47. The van der Waals surface area contributed by atoms with Crippen LogP contribution in [0.4, 0.5) is 10.1 Å². The molecule has 3 rings (SSSR count). The third-order valence-electron chi connectivity index (χ3n) is 3.47. The summed E-state index contributed by atoms with van der Waals surface area (Å²) in [7, 11) is 3.06. The van der Waals surface area contributed by atoms with E-state index in [0.717, 1.165) is 0 Å². The molecule has 1 heterocycles. The minimum Gasteiger partial charge on any atom is -0.493 e. The predicted octanol–water partition coefficient (Wildman–Crippen LogP) is 3.58. The molecule has 0 bridgehead atoms. The summed E-state index contributed by atoms with van der Waals surface area (Å²) in [6.07, 6.45) is 0. The van der Waals surface area contributed by atoms with Crippen molar-refractivity contribution in [3.8, 4) is 11.5 Å². The van der Waals surface area contributed by atoms with Gasteiger partial charge in [-0.05, 0) is 36.4 Å². The summed E-state index contributed by atoms with van der Waals surface area (Å²) < 4.78 is 23.6. The van der Waals surface area contributed by atoms with E-state index in [0.29, 0.717) is 33.8 Å². The highest BCUT2D eigenvalue weighted by atomic mass is 19.1. The van der Waals surface area contributed by atoms with E-state index in [2.05, 4.69) is 10.3 Å². The van der Waals surface area contributed by atoms with Crippen LogP contribution in [0.2, 0.25) is 0 Å². The lowest BCUT2D eigenvalue weighted by Gasteiger charge is -2.10. The second-order valence-corrected chi connectivity index (χ2v) is 4.94. The maximum absolute atomic E-state index is 13.2. The quantitative estimate of drug-likeness (QED) is 0.774. The molecule has 5 nitrogen and oxygen atoms in total. The zero-order valence-electron chi connectivity index (χ0n) is 12.6. The summed E-state index contributed by atoms with van der Waals surface area (Å²) in [5.74, 6) is 0.424. The molecule has 0 atom stereocenters. The molecule has 0 saturated heterocycles. The van der Waals surface area contributed by atoms with Crippen LogP contribution in [0, 0.1) is 5.82 Å². The Balaban J connectivity index is 1.85. The minimum absolute atomic E-state index is 0.325. The highest BCUT2D eigenvalue weighted by molar-refractivity contribution is 6.06. The van der Waals surface area contributed by atoms with Crippen molar-refractivity contribution in [1.29, 1.82) is 0 Å². The van der Waals surface area contributed by atoms with Crippen LogP contribution < -0.4 is 14.8 Å². The SMILES string of the molecule is COc1ccc(NC(=O)c2cc3cc(F)ccc3[nH]2)cc1OC. The van der Waals surface area contributed by atoms with Gasteiger partial charge in [-0.25, -0.2) is 4.39 Å². The molecule has 2 N–H and O–H groups in total. The van der Waals surface area contributed by atoms with Gasteiger partial charge >= 0.3 is 0 Å². The number of ether oxygens (including phenoxy) is 2. The number of H-pyrrole nitrogens is 1. The highest BCUT2D eigenvalue weighted by Crippen LogP contribution is 2.30. The Hall–Kier alpha value is -3.02. The van der Waals surface area contributed by atoms with Crippen LogP contribution in [0.5, 0.6) is 11.5 Å². The predicted molar refractivity (Wildman–Crippen MR) is 85.8 cm³/mol. The monoisotopic (exact) mass is 314 g/mol.